The van der Waals surface area contributed by atoms with Crippen LogP contribution in [-0.2, 0) is 19.1 Å². The first-order chi connectivity index (χ1) is 16.8. The van der Waals surface area contributed by atoms with Crippen LogP contribution in [0, 0.1) is 0 Å². The number of fused-ring (bicyclic) bond motifs is 1. The minimum Gasteiger partial charge on any atom is -0.464 e. The first-order valence-electron chi connectivity index (χ1n) is 11.6. The second-order valence-electron chi connectivity index (χ2n) is 8.27. The Balaban J connectivity index is 1.96. The summed E-state index contributed by atoms with van der Waals surface area (Å²) in [6.45, 7) is 3.30. The highest BCUT2D eigenvalue weighted by molar-refractivity contribution is 6.42. The van der Waals surface area contributed by atoms with Crippen LogP contribution < -0.4 is 16.7 Å². The maximum atomic E-state index is 13.6. The lowest BCUT2D eigenvalue weighted by atomic mass is 9.95. The van der Waals surface area contributed by atoms with Crippen molar-refractivity contribution in [2.75, 3.05) is 13.2 Å². The first-order valence-corrected chi connectivity index (χ1v) is 12.3. The largest absolute Gasteiger partial charge is 0.464 e. The number of ether oxygens (including phenoxy) is 2. The molecule has 10 nitrogen and oxygen atoms in total. The van der Waals surface area contributed by atoms with Gasteiger partial charge in [-0.25, -0.2) is 28.4 Å². The van der Waals surface area contributed by atoms with E-state index in [0.29, 0.717) is 0 Å². The van der Waals surface area contributed by atoms with Crippen LogP contribution in [0.1, 0.15) is 52.0 Å². The van der Waals surface area contributed by atoms with Gasteiger partial charge >= 0.3 is 23.3 Å². The van der Waals surface area contributed by atoms with Gasteiger partial charge in [-0.2, -0.15) is 4.68 Å². The molecular weight excluding hydrogens is 499 g/mol. The molecule has 12 heteroatoms. The Hall–Kier alpha value is -2.98. The van der Waals surface area contributed by atoms with Gasteiger partial charge in [-0.3, -0.25) is 0 Å². The molecule has 1 aromatic heterocycles. The molecule has 4 rings (SSSR count). The van der Waals surface area contributed by atoms with Crippen molar-refractivity contribution in [2.45, 2.75) is 58.0 Å². The number of halogens is 2. The Kier molecular flexibility index (Phi) is 7.42. The van der Waals surface area contributed by atoms with E-state index in [-0.39, 0.29) is 46.4 Å². The average Bonchev–Trinajstić information content (AvgIpc) is 3.29. The van der Waals surface area contributed by atoms with Crippen molar-refractivity contribution in [1.29, 1.82) is 0 Å². The zero-order valence-corrected chi connectivity index (χ0v) is 20.9. The Morgan fingerprint density at radius 2 is 1.69 bits per heavy atom. The Morgan fingerprint density at radius 3 is 2.31 bits per heavy atom. The quantitative estimate of drug-likeness (QED) is 0.553. The molecule has 0 radical (unpaired) electrons. The second kappa shape index (κ2) is 10.3. The van der Waals surface area contributed by atoms with Crippen LogP contribution in [0.2, 0.25) is 10.0 Å². The van der Waals surface area contributed by atoms with E-state index >= 15 is 0 Å². The topological polar surface area (TPSA) is 114 Å². The van der Waals surface area contributed by atoms with Crippen LogP contribution in [0.5, 0.6) is 0 Å². The summed E-state index contributed by atoms with van der Waals surface area (Å²) in [4.78, 5) is 53.3. The number of hydrogen-bond donors (Lipinski definition) is 1. The molecule has 0 saturated heterocycles. The van der Waals surface area contributed by atoms with E-state index < -0.39 is 29.4 Å². The van der Waals surface area contributed by atoms with Gasteiger partial charge in [-0.05, 0) is 44.9 Å². The molecule has 1 saturated carbocycles. The molecule has 35 heavy (non-hydrogen) atoms. The van der Waals surface area contributed by atoms with Gasteiger partial charge in [0, 0.05) is 6.04 Å². The van der Waals surface area contributed by atoms with Crippen molar-refractivity contribution in [3.63, 3.8) is 0 Å². The number of benzene rings is 1. The molecule has 1 aromatic carbocycles. The molecule has 188 valence electrons. The third-order valence-electron chi connectivity index (χ3n) is 6.07. The van der Waals surface area contributed by atoms with Gasteiger partial charge in [0.25, 0.3) is 0 Å². The van der Waals surface area contributed by atoms with Gasteiger partial charge in [0.2, 0.25) is 0 Å². The van der Waals surface area contributed by atoms with Crippen LogP contribution in [-0.4, -0.2) is 45.1 Å². The summed E-state index contributed by atoms with van der Waals surface area (Å²) in [5, 5.41) is 3.66. The van der Waals surface area contributed by atoms with Crippen molar-refractivity contribution >= 4 is 41.0 Å². The molecule has 1 N–H and O–H groups in total. The summed E-state index contributed by atoms with van der Waals surface area (Å²) in [5.74, 6) is -1.60. The molecule has 1 atom stereocenters. The number of aromatic nitrogens is 3. The minimum atomic E-state index is -1.50. The van der Waals surface area contributed by atoms with Crippen molar-refractivity contribution in [1.82, 2.24) is 19.2 Å². The summed E-state index contributed by atoms with van der Waals surface area (Å²) < 4.78 is 13.2. The Morgan fingerprint density at radius 1 is 1.00 bits per heavy atom. The number of nitrogens with zero attached hydrogens (tertiary/aromatic N) is 3. The normalized spacial score (nSPS) is 17.9. The van der Waals surface area contributed by atoms with Crippen molar-refractivity contribution < 1.29 is 19.1 Å². The Labute approximate surface area is 211 Å². The summed E-state index contributed by atoms with van der Waals surface area (Å²) in [6.07, 6.45) is 4.68. The molecule has 2 aromatic rings. The molecule has 2 heterocycles. The zero-order chi connectivity index (χ0) is 25.3. The number of carbonyl (C=O) groups excluding carboxylic acids is 2. The van der Waals surface area contributed by atoms with Gasteiger partial charge in [-0.15, -0.1) is 0 Å². The highest BCUT2D eigenvalue weighted by atomic mass is 35.5. The zero-order valence-electron chi connectivity index (χ0n) is 19.4. The summed E-state index contributed by atoms with van der Waals surface area (Å²) in [5.41, 5.74) is -1.58. The third kappa shape index (κ3) is 4.52. The number of carbonyl (C=O) groups is 2. The lowest BCUT2D eigenvalue weighted by Crippen LogP contribution is -2.37. The van der Waals surface area contributed by atoms with Gasteiger partial charge in [0.15, 0.2) is 6.04 Å². The SMILES string of the molecule is CCOC(=O)C1=C(NC2CCCCC2)n2c(=O)n(-c3ccc(Cl)c(Cl)c3)c(=O)n2C1C(=O)OCC. The lowest BCUT2D eigenvalue weighted by molar-refractivity contribution is -0.149. The summed E-state index contributed by atoms with van der Waals surface area (Å²) in [6, 6.07) is 2.77. The highest BCUT2D eigenvalue weighted by Crippen LogP contribution is 2.32. The fourth-order valence-corrected chi connectivity index (χ4v) is 4.82. The molecule has 0 spiro atoms. The maximum absolute atomic E-state index is 13.6. The number of esters is 2. The van der Waals surface area contributed by atoms with Crippen LogP contribution in [0.4, 0.5) is 0 Å². The van der Waals surface area contributed by atoms with E-state index in [1.54, 1.807) is 13.8 Å². The molecule has 1 fully saturated rings. The number of nitrogens with one attached hydrogen (secondary N) is 1. The van der Waals surface area contributed by atoms with E-state index in [0.717, 1.165) is 46.0 Å². The second-order valence-corrected chi connectivity index (χ2v) is 9.09. The molecule has 1 aliphatic carbocycles. The van der Waals surface area contributed by atoms with Crippen LogP contribution in [0.3, 0.4) is 0 Å². The summed E-state index contributed by atoms with van der Waals surface area (Å²) in [7, 11) is 0. The number of hydrogen-bond acceptors (Lipinski definition) is 7. The maximum Gasteiger partial charge on any atom is 0.358 e. The standard InChI is InChI=1S/C23H26Cl2N4O6/c1-3-34-20(30)17-18(21(31)35-4-2)28-22(32)27(14-10-11-15(24)16(25)12-14)23(33)29(28)19(17)26-13-8-6-5-7-9-13/h10-13,18,26H,3-9H2,1-2H3. The first kappa shape index (κ1) is 25.1. The smallest absolute Gasteiger partial charge is 0.358 e. The van der Waals surface area contributed by atoms with Gasteiger partial charge < -0.3 is 14.8 Å². The summed E-state index contributed by atoms with van der Waals surface area (Å²) >= 11 is 12.1. The fourth-order valence-electron chi connectivity index (χ4n) is 4.53. The third-order valence-corrected chi connectivity index (χ3v) is 6.81. The van der Waals surface area contributed by atoms with Crippen LogP contribution >= 0.6 is 23.2 Å². The molecular formula is C23H26Cl2N4O6. The molecule has 1 unspecified atom stereocenters. The van der Waals surface area contributed by atoms with E-state index in [4.69, 9.17) is 32.7 Å². The molecule has 2 aliphatic rings. The number of rotatable bonds is 7. The van der Waals surface area contributed by atoms with Crippen LogP contribution in [0.25, 0.3) is 11.5 Å². The highest BCUT2D eigenvalue weighted by Gasteiger charge is 2.46. The predicted molar refractivity (Wildman–Crippen MR) is 130 cm³/mol. The lowest BCUT2D eigenvalue weighted by Gasteiger charge is -2.24. The van der Waals surface area contributed by atoms with E-state index in [1.807, 2.05) is 0 Å². The van der Waals surface area contributed by atoms with E-state index in [2.05, 4.69) is 5.32 Å². The van der Waals surface area contributed by atoms with Gasteiger partial charge in [0.1, 0.15) is 11.4 Å². The minimum absolute atomic E-state index is 0.0172. The van der Waals surface area contributed by atoms with Gasteiger partial charge in [0.05, 0.1) is 28.9 Å². The van der Waals surface area contributed by atoms with E-state index in [9.17, 15) is 19.2 Å². The fraction of sp³-hybridized carbons (Fsp3) is 0.478. The van der Waals surface area contributed by atoms with Gasteiger partial charge in [-0.1, -0.05) is 42.5 Å². The Bertz CT molecular complexity index is 1300. The molecule has 0 bridgehead atoms. The molecule has 0 amide bonds. The van der Waals surface area contributed by atoms with Crippen molar-refractivity contribution in [3.05, 3.63) is 54.8 Å². The average molecular weight is 525 g/mol. The van der Waals surface area contributed by atoms with Crippen molar-refractivity contribution in [2.24, 2.45) is 0 Å². The predicted octanol–water partition coefficient (Wildman–Crippen LogP) is 2.88. The van der Waals surface area contributed by atoms with Crippen molar-refractivity contribution in [3.8, 4) is 5.69 Å². The van der Waals surface area contributed by atoms with Crippen LogP contribution in [0.15, 0.2) is 33.4 Å². The molecule has 1 aliphatic heterocycles. The van der Waals surface area contributed by atoms with E-state index in [1.165, 1.54) is 18.2 Å². The monoisotopic (exact) mass is 524 g/mol.